The first-order valence-electron chi connectivity index (χ1n) is 12.8. The number of aryl methyl sites for hydroxylation is 1. The smallest absolute Gasteiger partial charge is 0.230 e. The molecule has 0 spiro atoms. The number of nitrogens with zero attached hydrogens (tertiary/aromatic N) is 2. The van der Waals surface area contributed by atoms with Crippen molar-refractivity contribution in [1.29, 1.82) is 0 Å². The number of aromatic nitrogens is 1. The average molecular weight is 474 g/mol. The summed E-state index contributed by atoms with van der Waals surface area (Å²) in [4.78, 5) is 19.6. The van der Waals surface area contributed by atoms with E-state index >= 15 is 0 Å². The Morgan fingerprint density at radius 1 is 1.09 bits per heavy atom. The number of amides is 1. The molecule has 184 valence electrons. The molecule has 2 aromatic carbocycles. The van der Waals surface area contributed by atoms with Crippen LogP contribution >= 0.6 is 0 Å². The number of carbonyl (C=O) groups excluding carboxylic acids is 1. The molecule has 0 saturated heterocycles. The molecule has 1 amide bonds. The van der Waals surface area contributed by atoms with Gasteiger partial charge in [-0.15, -0.1) is 0 Å². The summed E-state index contributed by atoms with van der Waals surface area (Å²) in [7, 11) is 0. The highest BCUT2D eigenvalue weighted by atomic mass is 19.1. The van der Waals surface area contributed by atoms with Crippen molar-refractivity contribution in [1.82, 2.24) is 4.98 Å². The van der Waals surface area contributed by atoms with Gasteiger partial charge in [0.15, 0.2) is 0 Å². The van der Waals surface area contributed by atoms with Gasteiger partial charge in [0.25, 0.3) is 0 Å². The number of halogens is 1. The molecule has 5 heteroatoms. The van der Waals surface area contributed by atoms with E-state index in [4.69, 9.17) is 5.73 Å². The summed E-state index contributed by atoms with van der Waals surface area (Å²) >= 11 is 0. The van der Waals surface area contributed by atoms with Crippen LogP contribution in [0.1, 0.15) is 57.2 Å². The largest absolute Gasteiger partial charge is 0.326 e. The maximum Gasteiger partial charge on any atom is 0.230 e. The Kier molecular flexibility index (Phi) is 7.97. The van der Waals surface area contributed by atoms with Crippen molar-refractivity contribution in [2.75, 3.05) is 11.4 Å². The van der Waals surface area contributed by atoms with Crippen LogP contribution in [0.2, 0.25) is 0 Å². The summed E-state index contributed by atoms with van der Waals surface area (Å²) in [6, 6.07) is 19.6. The third-order valence-corrected chi connectivity index (χ3v) is 7.28. The Morgan fingerprint density at radius 2 is 1.74 bits per heavy atom. The van der Waals surface area contributed by atoms with Crippen LogP contribution in [0.25, 0.3) is 11.1 Å². The van der Waals surface area contributed by atoms with Crippen molar-refractivity contribution in [3.05, 3.63) is 83.9 Å². The fraction of sp³-hybridized carbons (Fsp3) is 0.400. The van der Waals surface area contributed by atoms with Crippen molar-refractivity contribution in [2.45, 2.75) is 58.4 Å². The Morgan fingerprint density at radius 3 is 2.34 bits per heavy atom. The molecule has 1 aromatic heterocycles. The molecule has 2 N–H and O–H groups in total. The monoisotopic (exact) mass is 473 g/mol. The van der Waals surface area contributed by atoms with Gasteiger partial charge in [-0.3, -0.25) is 9.78 Å². The molecule has 4 nitrogen and oxygen atoms in total. The lowest BCUT2D eigenvalue weighted by Crippen LogP contribution is -2.45. The fourth-order valence-electron chi connectivity index (χ4n) is 4.64. The van der Waals surface area contributed by atoms with Gasteiger partial charge in [0.2, 0.25) is 5.91 Å². The summed E-state index contributed by atoms with van der Waals surface area (Å²) < 4.78 is 14.3. The highest BCUT2D eigenvalue weighted by Gasteiger charge is 2.48. The van der Waals surface area contributed by atoms with Crippen LogP contribution in [-0.4, -0.2) is 23.5 Å². The molecular weight excluding hydrogens is 437 g/mol. The number of benzene rings is 2. The first-order chi connectivity index (χ1) is 16.9. The highest BCUT2D eigenvalue weighted by molar-refractivity contribution is 5.97. The minimum absolute atomic E-state index is 0.00419. The van der Waals surface area contributed by atoms with E-state index in [1.807, 2.05) is 12.1 Å². The third-order valence-electron chi connectivity index (χ3n) is 7.28. The number of carbonyl (C=O) groups is 1. The molecule has 0 bridgehead atoms. The number of hydrogen-bond donors (Lipinski definition) is 1. The third kappa shape index (κ3) is 5.79. The van der Waals surface area contributed by atoms with Crippen molar-refractivity contribution in [3.8, 4) is 11.1 Å². The lowest BCUT2D eigenvalue weighted by atomic mass is 9.98. The predicted octanol–water partition coefficient (Wildman–Crippen LogP) is 6.35. The normalized spacial score (nSPS) is 18.7. The zero-order valence-electron chi connectivity index (χ0n) is 21.0. The van der Waals surface area contributed by atoms with E-state index in [0.29, 0.717) is 18.7 Å². The van der Waals surface area contributed by atoms with Crippen LogP contribution in [0.3, 0.4) is 0 Å². The number of rotatable bonds is 10. The Hall–Kier alpha value is -3.05. The summed E-state index contributed by atoms with van der Waals surface area (Å²) in [5, 5.41) is 0. The second kappa shape index (κ2) is 11.1. The zero-order valence-corrected chi connectivity index (χ0v) is 21.0. The molecule has 1 fully saturated rings. The standard InChI is InChI=1S/C30H36FN3O/c1-4-7-21-9-11-22(12-10-21)23-13-15-24(16-14-23)34(19-28(32)20(3)5-2)30(35)26-18-25(26)29-27(31)8-6-17-33-29/h6,8-17,20,25-26,28H,4-5,7,18-19,32H2,1-3H3/t20-,25-,26-,28+/m0/s1. The zero-order chi connectivity index (χ0) is 24.9. The van der Waals surface area contributed by atoms with Crippen LogP contribution in [0.5, 0.6) is 0 Å². The molecule has 35 heavy (non-hydrogen) atoms. The van der Waals surface area contributed by atoms with E-state index in [9.17, 15) is 9.18 Å². The summed E-state index contributed by atoms with van der Waals surface area (Å²) in [6.45, 7) is 6.84. The van der Waals surface area contributed by atoms with Crippen LogP contribution in [-0.2, 0) is 11.2 Å². The molecule has 1 saturated carbocycles. The average Bonchev–Trinajstić information content (AvgIpc) is 3.68. The van der Waals surface area contributed by atoms with Gasteiger partial charge in [-0.1, -0.05) is 70.0 Å². The molecule has 0 aliphatic heterocycles. The van der Waals surface area contributed by atoms with Gasteiger partial charge in [-0.25, -0.2) is 4.39 Å². The predicted molar refractivity (Wildman–Crippen MR) is 141 cm³/mol. The molecule has 0 radical (unpaired) electrons. The van der Waals surface area contributed by atoms with Gasteiger partial charge in [-0.05, 0) is 59.7 Å². The topological polar surface area (TPSA) is 59.2 Å². The van der Waals surface area contributed by atoms with Crippen LogP contribution in [0.15, 0.2) is 66.9 Å². The van der Waals surface area contributed by atoms with Crippen LogP contribution < -0.4 is 10.6 Å². The number of pyridine rings is 1. The summed E-state index contributed by atoms with van der Waals surface area (Å²) in [5.41, 5.74) is 11.3. The van der Waals surface area contributed by atoms with Crippen molar-refractivity contribution in [2.24, 2.45) is 17.6 Å². The second-order valence-corrected chi connectivity index (χ2v) is 9.81. The van der Waals surface area contributed by atoms with Crippen molar-refractivity contribution in [3.63, 3.8) is 0 Å². The van der Waals surface area contributed by atoms with Gasteiger partial charge >= 0.3 is 0 Å². The number of anilines is 1. The first-order valence-corrected chi connectivity index (χ1v) is 12.8. The van der Waals surface area contributed by atoms with Crippen LogP contribution in [0.4, 0.5) is 10.1 Å². The summed E-state index contributed by atoms with van der Waals surface area (Å²) in [5.74, 6) is -0.504. The number of nitrogens with two attached hydrogens (primary N) is 1. The van der Waals surface area contributed by atoms with E-state index in [2.05, 4.69) is 62.2 Å². The van der Waals surface area contributed by atoms with Gasteiger partial charge in [-0.2, -0.15) is 0 Å². The van der Waals surface area contributed by atoms with Crippen molar-refractivity contribution >= 4 is 11.6 Å². The van der Waals surface area contributed by atoms with Gasteiger partial charge in [0, 0.05) is 36.3 Å². The molecule has 1 aliphatic carbocycles. The minimum atomic E-state index is -0.343. The molecule has 4 atom stereocenters. The van der Waals surface area contributed by atoms with E-state index < -0.39 is 0 Å². The maximum atomic E-state index is 14.3. The molecule has 1 heterocycles. The quantitative estimate of drug-likeness (QED) is 0.373. The van der Waals surface area contributed by atoms with E-state index in [-0.39, 0.29) is 35.5 Å². The molecular formula is C30H36FN3O. The SMILES string of the molecule is CCCc1ccc(-c2ccc(N(C[C@@H](N)[C@@H](C)CC)C(=O)[C@H]3C[C@@H]3c3ncccc3F)cc2)cc1. The fourth-order valence-corrected chi connectivity index (χ4v) is 4.64. The lowest BCUT2D eigenvalue weighted by molar-refractivity contribution is -0.120. The molecule has 3 aromatic rings. The Balaban J connectivity index is 1.55. The Bertz CT molecular complexity index is 1130. The second-order valence-electron chi connectivity index (χ2n) is 9.81. The first kappa shape index (κ1) is 25.1. The van der Waals surface area contributed by atoms with Crippen LogP contribution in [0, 0.1) is 17.7 Å². The molecule has 1 aliphatic rings. The van der Waals surface area contributed by atoms with E-state index in [1.165, 1.54) is 11.6 Å². The molecule has 4 rings (SSSR count). The molecule has 0 unspecified atom stereocenters. The maximum absolute atomic E-state index is 14.3. The van der Waals surface area contributed by atoms with Gasteiger partial charge in [0.1, 0.15) is 5.82 Å². The highest BCUT2D eigenvalue weighted by Crippen LogP contribution is 2.49. The Labute approximate surface area is 208 Å². The van der Waals surface area contributed by atoms with Gasteiger partial charge < -0.3 is 10.6 Å². The minimum Gasteiger partial charge on any atom is -0.326 e. The number of hydrogen-bond acceptors (Lipinski definition) is 3. The van der Waals surface area contributed by atoms with E-state index in [1.54, 1.807) is 17.2 Å². The lowest BCUT2D eigenvalue weighted by Gasteiger charge is -2.29. The summed E-state index contributed by atoms with van der Waals surface area (Å²) in [6.07, 6.45) is 5.36. The van der Waals surface area contributed by atoms with Gasteiger partial charge in [0.05, 0.1) is 5.69 Å². The van der Waals surface area contributed by atoms with Crippen molar-refractivity contribution < 1.29 is 9.18 Å². The van der Waals surface area contributed by atoms with E-state index in [0.717, 1.165) is 36.1 Å².